The van der Waals surface area contributed by atoms with E-state index in [1.54, 1.807) is 15.9 Å². The normalized spacial score (nSPS) is 12.3. The van der Waals surface area contributed by atoms with Gasteiger partial charge in [0.2, 0.25) is 5.91 Å². The summed E-state index contributed by atoms with van der Waals surface area (Å²) in [5.74, 6) is 0.656. The Morgan fingerprint density at radius 3 is 3.11 bits per heavy atom. The molecule has 5 nitrogen and oxygen atoms in total. The maximum atomic E-state index is 11.9. The van der Waals surface area contributed by atoms with E-state index < -0.39 is 0 Å². The minimum atomic E-state index is -0.0512. The number of carbonyl (C=O) groups is 1. The van der Waals surface area contributed by atoms with Crippen molar-refractivity contribution >= 4 is 29.5 Å². The number of aromatic nitrogens is 3. The number of hydrogen-bond acceptors (Lipinski definition) is 4. The molecule has 0 aliphatic carbocycles. The summed E-state index contributed by atoms with van der Waals surface area (Å²) in [4.78, 5) is 12.9. The summed E-state index contributed by atoms with van der Waals surface area (Å²) in [6.45, 7) is 4.20. The molecule has 2 heterocycles. The van der Waals surface area contributed by atoms with Crippen LogP contribution in [-0.4, -0.2) is 26.7 Å². The van der Waals surface area contributed by atoms with Crippen molar-refractivity contribution in [3.8, 4) is 10.7 Å². The van der Waals surface area contributed by atoms with Crippen molar-refractivity contribution < 1.29 is 4.79 Å². The van der Waals surface area contributed by atoms with E-state index in [2.05, 4.69) is 15.5 Å². The van der Waals surface area contributed by atoms with Crippen LogP contribution in [-0.2, 0) is 11.3 Å². The highest BCUT2D eigenvalue weighted by Gasteiger charge is 2.13. The van der Waals surface area contributed by atoms with Crippen molar-refractivity contribution in [1.82, 2.24) is 20.1 Å². The standard InChI is InChI=1S/C12H16N4OS2/c1-3-8(2)13-10(17)7-16-11(14-15-12(16)18)9-5-4-6-19-9/h4-6,8H,3,7H2,1-2H3,(H,13,17)(H,15,18). The number of amides is 1. The lowest BCUT2D eigenvalue weighted by Gasteiger charge is -2.12. The second kappa shape index (κ2) is 6.12. The molecule has 0 aromatic carbocycles. The number of rotatable bonds is 5. The molecule has 19 heavy (non-hydrogen) atoms. The van der Waals surface area contributed by atoms with Crippen LogP contribution in [0.1, 0.15) is 20.3 Å². The molecule has 2 aromatic rings. The molecule has 0 spiro atoms. The third-order valence-electron chi connectivity index (χ3n) is 2.82. The van der Waals surface area contributed by atoms with Crippen LogP contribution in [0.5, 0.6) is 0 Å². The maximum Gasteiger partial charge on any atom is 0.240 e. The lowest BCUT2D eigenvalue weighted by atomic mass is 10.2. The van der Waals surface area contributed by atoms with Gasteiger partial charge in [-0.1, -0.05) is 13.0 Å². The quantitative estimate of drug-likeness (QED) is 0.834. The summed E-state index contributed by atoms with van der Waals surface area (Å²) >= 11 is 6.74. The van der Waals surface area contributed by atoms with Crippen molar-refractivity contribution in [2.24, 2.45) is 0 Å². The Balaban J connectivity index is 2.19. The fourth-order valence-electron chi connectivity index (χ4n) is 1.62. The molecular formula is C12H16N4OS2. The van der Waals surface area contributed by atoms with Crippen LogP contribution in [0.2, 0.25) is 0 Å². The molecule has 0 saturated heterocycles. The van der Waals surface area contributed by atoms with Gasteiger partial charge in [0.15, 0.2) is 10.6 Å². The summed E-state index contributed by atoms with van der Waals surface area (Å²) in [6.07, 6.45) is 0.903. The third-order valence-corrected chi connectivity index (χ3v) is 4.00. The first kappa shape index (κ1) is 14.0. The SMILES string of the molecule is CCC(C)NC(=O)Cn1c(-c2cccs2)n[nH]c1=S. The van der Waals surface area contributed by atoms with Crippen LogP contribution >= 0.6 is 23.6 Å². The molecule has 0 bridgehead atoms. The first-order valence-electron chi connectivity index (χ1n) is 6.10. The number of nitrogens with one attached hydrogen (secondary N) is 2. The van der Waals surface area contributed by atoms with Crippen LogP contribution in [0, 0.1) is 4.77 Å². The van der Waals surface area contributed by atoms with Crippen molar-refractivity contribution in [3.63, 3.8) is 0 Å². The Kier molecular flexibility index (Phi) is 4.49. The predicted molar refractivity (Wildman–Crippen MR) is 78.6 cm³/mol. The molecule has 2 N–H and O–H groups in total. The number of thiophene rings is 1. The van der Waals surface area contributed by atoms with Crippen molar-refractivity contribution in [1.29, 1.82) is 0 Å². The molecule has 1 atom stereocenters. The minimum absolute atomic E-state index is 0.0512. The Bertz CT molecular complexity index is 600. The van der Waals surface area contributed by atoms with Gasteiger partial charge in [0.25, 0.3) is 0 Å². The summed E-state index contributed by atoms with van der Waals surface area (Å²) < 4.78 is 2.18. The summed E-state index contributed by atoms with van der Waals surface area (Å²) in [5.41, 5.74) is 0. The zero-order valence-corrected chi connectivity index (χ0v) is 12.5. The lowest BCUT2D eigenvalue weighted by molar-refractivity contribution is -0.122. The fraction of sp³-hybridized carbons (Fsp3) is 0.417. The van der Waals surface area contributed by atoms with Gasteiger partial charge in [0.1, 0.15) is 6.54 Å². The van der Waals surface area contributed by atoms with Crippen LogP contribution in [0.4, 0.5) is 0 Å². The number of carbonyl (C=O) groups excluding carboxylic acids is 1. The van der Waals surface area contributed by atoms with Gasteiger partial charge >= 0.3 is 0 Å². The largest absolute Gasteiger partial charge is 0.352 e. The molecule has 0 aliphatic rings. The first-order valence-corrected chi connectivity index (χ1v) is 7.39. The number of aromatic amines is 1. The summed E-state index contributed by atoms with van der Waals surface area (Å²) in [6, 6.07) is 4.07. The van der Waals surface area contributed by atoms with Crippen molar-refractivity contribution in [2.45, 2.75) is 32.9 Å². The number of nitrogens with zero attached hydrogens (tertiary/aromatic N) is 2. The van der Waals surface area contributed by atoms with E-state index >= 15 is 0 Å². The Hall–Kier alpha value is -1.47. The van der Waals surface area contributed by atoms with Gasteiger partial charge in [-0.3, -0.25) is 14.5 Å². The monoisotopic (exact) mass is 296 g/mol. The smallest absolute Gasteiger partial charge is 0.240 e. The molecule has 0 fully saturated rings. The highest BCUT2D eigenvalue weighted by atomic mass is 32.1. The topological polar surface area (TPSA) is 62.7 Å². The highest BCUT2D eigenvalue weighted by Crippen LogP contribution is 2.22. The number of H-pyrrole nitrogens is 1. The molecule has 7 heteroatoms. The highest BCUT2D eigenvalue weighted by molar-refractivity contribution is 7.71. The van der Waals surface area contributed by atoms with Crippen LogP contribution < -0.4 is 5.32 Å². The minimum Gasteiger partial charge on any atom is -0.352 e. The van der Waals surface area contributed by atoms with Gasteiger partial charge < -0.3 is 5.32 Å². The van der Waals surface area contributed by atoms with Crippen molar-refractivity contribution in [3.05, 3.63) is 22.3 Å². The summed E-state index contributed by atoms with van der Waals surface area (Å²) in [7, 11) is 0. The molecule has 2 aromatic heterocycles. The van der Waals surface area contributed by atoms with Crippen LogP contribution in [0.25, 0.3) is 10.7 Å². The molecule has 2 rings (SSSR count). The molecule has 0 radical (unpaired) electrons. The number of hydrogen-bond donors (Lipinski definition) is 2. The van der Waals surface area contributed by atoms with E-state index in [0.717, 1.165) is 11.3 Å². The average Bonchev–Trinajstić information content (AvgIpc) is 3.00. The zero-order valence-electron chi connectivity index (χ0n) is 10.8. The van der Waals surface area contributed by atoms with Crippen LogP contribution in [0.15, 0.2) is 17.5 Å². The Morgan fingerprint density at radius 2 is 2.47 bits per heavy atom. The van der Waals surface area contributed by atoms with Gasteiger partial charge in [-0.15, -0.1) is 11.3 Å². The van der Waals surface area contributed by atoms with Gasteiger partial charge in [-0.2, -0.15) is 5.10 Å². The van der Waals surface area contributed by atoms with E-state index in [9.17, 15) is 4.79 Å². The average molecular weight is 296 g/mol. The molecule has 1 amide bonds. The maximum absolute atomic E-state index is 11.9. The molecule has 0 aliphatic heterocycles. The third kappa shape index (κ3) is 3.30. The van der Waals surface area contributed by atoms with E-state index in [0.29, 0.717) is 10.6 Å². The second-order valence-electron chi connectivity index (χ2n) is 4.29. The van der Waals surface area contributed by atoms with Gasteiger partial charge in [-0.05, 0) is 37.0 Å². The summed E-state index contributed by atoms with van der Waals surface area (Å²) in [5, 5.41) is 11.8. The van der Waals surface area contributed by atoms with Crippen LogP contribution in [0.3, 0.4) is 0 Å². The zero-order chi connectivity index (χ0) is 13.8. The van der Waals surface area contributed by atoms with Gasteiger partial charge in [-0.25, -0.2) is 0 Å². The Labute approximate surface area is 120 Å². The van der Waals surface area contributed by atoms with E-state index in [1.807, 2.05) is 31.4 Å². The van der Waals surface area contributed by atoms with Crippen molar-refractivity contribution in [2.75, 3.05) is 0 Å². The van der Waals surface area contributed by atoms with E-state index in [1.165, 1.54) is 0 Å². The molecule has 0 saturated carbocycles. The molecular weight excluding hydrogens is 280 g/mol. The fourth-order valence-corrected chi connectivity index (χ4v) is 2.54. The predicted octanol–water partition coefficient (Wildman–Crippen LogP) is 2.58. The van der Waals surface area contributed by atoms with Gasteiger partial charge in [0, 0.05) is 6.04 Å². The lowest BCUT2D eigenvalue weighted by Crippen LogP contribution is -2.34. The Morgan fingerprint density at radius 1 is 1.68 bits per heavy atom. The van der Waals surface area contributed by atoms with E-state index in [-0.39, 0.29) is 18.5 Å². The molecule has 102 valence electrons. The second-order valence-corrected chi connectivity index (χ2v) is 5.63. The van der Waals surface area contributed by atoms with E-state index in [4.69, 9.17) is 12.2 Å². The van der Waals surface area contributed by atoms with Gasteiger partial charge in [0.05, 0.1) is 4.88 Å². The molecule has 1 unspecified atom stereocenters. The first-order chi connectivity index (χ1) is 9.11.